The maximum atomic E-state index is 7.66. The number of nitrogens with zero attached hydrogens (tertiary/aromatic N) is 4. The predicted molar refractivity (Wildman–Crippen MR) is 409 cm³/mol. The third-order valence-corrected chi connectivity index (χ3v) is 19.9. The standard InChI is InChI=1S/C90H60B2N4O2/c1-7-23-61(24-8-1)65-39-47-71(48-40-65)93(72-49-41-66(42-50-72)62-25-9-2-10-26-62)75-55-83-89-84(56-75)96(70-33-17-6-18-34-70)82-60-86-80(59-79(82)91(89)77-35-19-21-37-81(77)95(83)69-31-15-5-16-32-69)92-78-36-20-22-38-85(78)97-87-57-76(58-88(98-86)90(87)92)94(73-51-43-67(44-52-73)63-27-11-3-12-28-63)74-53-45-68(46-54-74)64-29-13-4-14-30-64/h1-60H. The van der Waals surface area contributed by atoms with Gasteiger partial charge in [-0.3, -0.25) is 0 Å². The Balaban J connectivity index is 0.822. The highest BCUT2D eigenvalue weighted by Crippen LogP contribution is 2.51. The molecule has 0 aromatic heterocycles. The molecule has 8 heteroatoms. The Morgan fingerprint density at radius 2 is 0.541 bits per heavy atom. The van der Waals surface area contributed by atoms with E-state index in [0.29, 0.717) is 0 Å². The Morgan fingerprint density at radius 3 is 0.980 bits per heavy atom. The molecule has 458 valence electrons. The zero-order chi connectivity index (χ0) is 64.6. The van der Waals surface area contributed by atoms with Crippen molar-refractivity contribution in [2.24, 2.45) is 0 Å². The van der Waals surface area contributed by atoms with E-state index in [1.165, 1.54) is 27.5 Å². The number of rotatable bonds is 12. The molecule has 0 bridgehead atoms. The molecule has 19 rings (SSSR count). The van der Waals surface area contributed by atoms with Crippen molar-refractivity contribution in [1.82, 2.24) is 0 Å². The van der Waals surface area contributed by atoms with Crippen LogP contribution >= 0.6 is 0 Å². The summed E-state index contributed by atoms with van der Waals surface area (Å²) < 4.78 is 14.8. The molecule has 15 aromatic rings. The molecule has 0 fully saturated rings. The van der Waals surface area contributed by atoms with Gasteiger partial charge >= 0.3 is 0 Å². The Bertz CT molecular complexity index is 5330. The van der Waals surface area contributed by atoms with E-state index in [4.69, 9.17) is 9.47 Å². The van der Waals surface area contributed by atoms with Gasteiger partial charge in [0.15, 0.2) is 0 Å². The molecule has 0 saturated carbocycles. The summed E-state index contributed by atoms with van der Waals surface area (Å²) in [6, 6.07) is 132. The minimum Gasteiger partial charge on any atom is -0.458 e. The van der Waals surface area contributed by atoms with Gasteiger partial charge in [0.25, 0.3) is 13.4 Å². The normalized spacial score (nSPS) is 12.6. The van der Waals surface area contributed by atoms with E-state index in [2.05, 4.69) is 384 Å². The van der Waals surface area contributed by atoms with Crippen molar-refractivity contribution in [1.29, 1.82) is 0 Å². The fourth-order valence-electron chi connectivity index (χ4n) is 15.5. The summed E-state index contributed by atoms with van der Waals surface area (Å²) >= 11 is 0. The summed E-state index contributed by atoms with van der Waals surface area (Å²) in [6.45, 7) is -0.414. The van der Waals surface area contributed by atoms with Gasteiger partial charge in [-0.25, -0.2) is 0 Å². The maximum absolute atomic E-state index is 7.66. The second-order valence-corrected chi connectivity index (χ2v) is 25.5. The number of fused-ring (bicyclic) bond motifs is 8. The average Bonchev–Trinajstić information content (AvgIpc) is 0.690. The number of benzene rings is 15. The summed E-state index contributed by atoms with van der Waals surface area (Å²) in [6.07, 6.45) is 0. The number of hydrogen-bond acceptors (Lipinski definition) is 6. The molecule has 0 N–H and O–H groups in total. The lowest BCUT2D eigenvalue weighted by Gasteiger charge is -2.45. The molecule has 0 atom stereocenters. The highest BCUT2D eigenvalue weighted by Gasteiger charge is 2.47. The quantitative estimate of drug-likeness (QED) is 0.113. The van der Waals surface area contributed by atoms with Crippen LogP contribution in [0.3, 0.4) is 0 Å². The molecule has 0 amide bonds. The van der Waals surface area contributed by atoms with E-state index in [1.54, 1.807) is 0 Å². The second kappa shape index (κ2) is 23.6. The number of anilines is 12. The lowest BCUT2D eigenvalue weighted by molar-refractivity contribution is 0.465. The third kappa shape index (κ3) is 9.67. The van der Waals surface area contributed by atoms with E-state index >= 15 is 0 Å². The van der Waals surface area contributed by atoms with E-state index in [9.17, 15) is 0 Å². The number of para-hydroxylation sites is 4. The molecule has 0 spiro atoms. The first-order valence-electron chi connectivity index (χ1n) is 33.6. The lowest BCUT2D eigenvalue weighted by Crippen LogP contribution is -2.63. The van der Waals surface area contributed by atoms with Gasteiger partial charge in [-0.15, -0.1) is 0 Å². The van der Waals surface area contributed by atoms with Crippen molar-refractivity contribution in [2.75, 3.05) is 19.6 Å². The fraction of sp³-hybridized carbons (Fsp3) is 0. The van der Waals surface area contributed by atoms with E-state index in [0.717, 1.165) is 141 Å². The SMILES string of the molecule is c1ccc(-c2ccc(N(c3ccc(-c4ccccc4)cc3)c3cc4c5c(c3)Oc3cc6c(cc3B5c3ccccc3O4)B3c4ccccc4N(c4ccccc4)c4cc(N(c5ccc(-c7ccccc7)cc5)c5ccc(-c7ccccc7)cc5)cc(c43)N6c3ccccc3)cc2)cc1. The van der Waals surface area contributed by atoms with Gasteiger partial charge in [-0.2, -0.15) is 0 Å². The predicted octanol–water partition coefficient (Wildman–Crippen LogP) is 20.1. The molecule has 4 heterocycles. The van der Waals surface area contributed by atoms with Crippen LogP contribution in [-0.2, 0) is 0 Å². The van der Waals surface area contributed by atoms with E-state index in [-0.39, 0.29) is 13.4 Å². The van der Waals surface area contributed by atoms with E-state index in [1.807, 2.05) is 0 Å². The topological polar surface area (TPSA) is 31.4 Å². The first kappa shape index (κ1) is 56.7. The number of hydrogen-bond donors (Lipinski definition) is 0. The minimum absolute atomic E-state index is 0.192. The molecule has 0 saturated heterocycles. The minimum atomic E-state index is -0.222. The molecular weight excluding hydrogens is 1190 g/mol. The monoisotopic (exact) mass is 1250 g/mol. The van der Waals surface area contributed by atoms with Crippen molar-refractivity contribution in [3.8, 4) is 67.5 Å². The van der Waals surface area contributed by atoms with Crippen LogP contribution in [0.15, 0.2) is 364 Å². The van der Waals surface area contributed by atoms with Gasteiger partial charge in [-0.05, 0) is 169 Å². The highest BCUT2D eigenvalue weighted by molar-refractivity contribution is 7.02. The molecule has 6 nitrogen and oxygen atoms in total. The first-order chi connectivity index (χ1) is 48.6. The molecule has 0 radical (unpaired) electrons. The number of ether oxygens (including phenoxy) is 2. The Labute approximate surface area is 571 Å². The summed E-state index contributed by atoms with van der Waals surface area (Å²) in [5.74, 6) is 3.13. The van der Waals surface area contributed by atoms with Crippen molar-refractivity contribution < 1.29 is 9.47 Å². The Kier molecular flexibility index (Phi) is 13.7. The Morgan fingerprint density at radius 1 is 0.204 bits per heavy atom. The van der Waals surface area contributed by atoms with Crippen LogP contribution in [0, 0.1) is 0 Å². The summed E-state index contributed by atoms with van der Waals surface area (Å²) in [5.41, 5.74) is 28.6. The van der Waals surface area contributed by atoms with Crippen molar-refractivity contribution >= 4 is 114 Å². The summed E-state index contributed by atoms with van der Waals surface area (Å²) in [7, 11) is 0. The Hall–Kier alpha value is -12.8. The van der Waals surface area contributed by atoms with Crippen molar-refractivity contribution in [3.63, 3.8) is 0 Å². The highest BCUT2D eigenvalue weighted by atomic mass is 16.5. The van der Waals surface area contributed by atoms with Crippen LogP contribution in [0.5, 0.6) is 23.0 Å². The van der Waals surface area contributed by atoms with Crippen LogP contribution < -0.4 is 61.9 Å². The van der Waals surface area contributed by atoms with Crippen LogP contribution in [-0.4, -0.2) is 13.4 Å². The van der Waals surface area contributed by atoms with Crippen molar-refractivity contribution in [2.45, 2.75) is 0 Å². The average molecular weight is 1250 g/mol. The molecule has 0 aliphatic carbocycles. The second-order valence-electron chi connectivity index (χ2n) is 25.5. The molecule has 98 heavy (non-hydrogen) atoms. The largest absolute Gasteiger partial charge is 0.458 e. The van der Waals surface area contributed by atoms with Crippen LogP contribution in [0.25, 0.3) is 44.5 Å². The van der Waals surface area contributed by atoms with Gasteiger partial charge in [0.1, 0.15) is 23.0 Å². The van der Waals surface area contributed by atoms with Crippen molar-refractivity contribution in [3.05, 3.63) is 364 Å². The fourth-order valence-corrected chi connectivity index (χ4v) is 15.5. The first-order valence-corrected chi connectivity index (χ1v) is 33.6. The molecule has 15 aromatic carbocycles. The summed E-state index contributed by atoms with van der Waals surface area (Å²) in [4.78, 5) is 9.75. The zero-order valence-corrected chi connectivity index (χ0v) is 53.4. The third-order valence-electron chi connectivity index (χ3n) is 19.9. The van der Waals surface area contributed by atoms with Crippen LogP contribution in [0.1, 0.15) is 0 Å². The van der Waals surface area contributed by atoms with Gasteiger partial charge in [0.2, 0.25) is 0 Å². The lowest BCUT2D eigenvalue weighted by atomic mass is 9.31. The van der Waals surface area contributed by atoms with Gasteiger partial charge in [0.05, 0.1) is 11.4 Å². The van der Waals surface area contributed by atoms with Gasteiger partial charge in [0, 0.05) is 80.5 Å². The zero-order valence-electron chi connectivity index (χ0n) is 53.4. The maximum Gasteiger partial charge on any atom is 0.260 e. The summed E-state index contributed by atoms with van der Waals surface area (Å²) in [5, 5.41) is 0. The van der Waals surface area contributed by atoms with Crippen LogP contribution in [0.2, 0.25) is 0 Å². The molecule has 4 aliphatic rings. The molecule has 0 unspecified atom stereocenters. The smallest absolute Gasteiger partial charge is 0.260 e. The molecule has 4 aliphatic heterocycles. The molecular formula is C90H60B2N4O2. The van der Waals surface area contributed by atoms with Crippen LogP contribution in [0.4, 0.5) is 68.2 Å². The van der Waals surface area contributed by atoms with Gasteiger partial charge in [-0.1, -0.05) is 249 Å². The van der Waals surface area contributed by atoms with Gasteiger partial charge < -0.3 is 29.1 Å². The van der Waals surface area contributed by atoms with E-state index < -0.39 is 0 Å².